The second-order valence-corrected chi connectivity index (χ2v) is 4.27. The van der Waals surface area contributed by atoms with Crippen LogP contribution >= 0.6 is 0 Å². The molecule has 0 unspecified atom stereocenters. The summed E-state index contributed by atoms with van der Waals surface area (Å²) >= 11 is 0. The van der Waals surface area contributed by atoms with Gasteiger partial charge in [-0.15, -0.1) is 0 Å². The molecule has 0 saturated heterocycles. The highest BCUT2D eigenvalue weighted by Gasteiger charge is 2.10. The highest BCUT2D eigenvalue weighted by Crippen LogP contribution is 2.29. The van der Waals surface area contributed by atoms with Gasteiger partial charge in [-0.3, -0.25) is 0 Å². The maximum absolute atomic E-state index is 9.88. The first-order valence-corrected chi connectivity index (χ1v) is 6.09. The number of aromatic hydroxyl groups is 1. The van der Waals surface area contributed by atoms with Crippen molar-refractivity contribution in [1.82, 2.24) is 15.0 Å². The number of pyridine rings is 1. The Hall–Kier alpha value is -2.89. The van der Waals surface area contributed by atoms with Gasteiger partial charge in [-0.1, -0.05) is 12.1 Å². The smallest absolute Gasteiger partial charge is 0.224 e. The van der Waals surface area contributed by atoms with Crippen LogP contribution in [-0.4, -0.2) is 27.1 Å². The molecule has 0 bridgehead atoms. The van der Waals surface area contributed by atoms with Crippen LogP contribution in [0, 0.1) is 0 Å². The Kier molecular flexibility index (Phi) is 2.83. The molecule has 3 aromatic rings. The van der Waals surface area contributed by atoms with Crippen LogP contribution < -0.4 is 11.1 Å². The third-order valence-electron chi connectivity index (χ3n) is 2.99. The topological polar surface area (TPSA) is 97.0 Å². The lowest BCUT2D eigenvalue weighted by atomic mass is 10.1. The van der Waals surface area contributed by atoms with Crippen LogP contribution in [0.4, 0.5) is 11.8 Å². The van der Waals surface area contributed by atoms with E-state index in [0.29, 0.717) is 22.7 Å². The molecule has 0 radical (unpaired) electrons. The fraction of sp³-hybridized carbons (Fsp3) is 0.0714. The lowest BCUT2D eigenvalue weighted by molar-refractivity contribution is 0.477. The van der Waals surface area contributed by atoms with Crippen molar-refractivity contribution in [2.24, 2.45) is 0 Å². The van der Waals surface area contributed by atoms with Crippen molar-refractivity contribution in [3.05, 3.63) is 36.4 Å². The summed E-state index contributed by atoms with van der Waals surface area (Å²) in [5.74, 6) is 0.961. The molecule has 0 aliphatic heterocycles. The summed E-state index contributed by atoms with van der Waals surface area (Å²) in [5, 5.41) is 13.6. The Bertz CT molecular complexity index is 788. The summed E-state index contributed by atoms with van der Waals surface area (Å²) in [7, 11) is 1.76. The van der Waals surface area contributed by atoms with Crippen molar-refractivity contribution in [2.45, 2.75) is 0 Å². The molecule has 0 amide bonds. The number of nitrogens with zero attached hydrogens (tertiary/aromatic N) is 3. The van der Waals surface area contributed by atoms with Crippen LogP contribution in [0.25, 0.3) is 22.3 Å². The number of benzene rings is 1. The predicted octanol–water partition coefficient (Wildman–Crippen LogP) is 2.02. The number of phenols is 1. The van der Waals surface area contributed by atoms with Crippen LogP contribution in [0.2, 0.25) is 0 Å². The number of phenolic OH excluding ortho intramolecular Hbond substituents is 1. The van der Waals surface area contributed by atoms with Crippen molar-refractivity contribution < 1.29 is 5.11 Å². The third-order valence-corrected chi connectivity index (χ3v) is 2.99. The summed E-state index contributed by atoms with van der Waals surface area (Å²) in [6.45, 7) is 0. The van der Waals surface area contributed by atoms with Gasteiger partial charge in [-0.25, -0.2) is 4.98 Å². The first kappa shape index (κ1) is 12.2. The average Bonchev–Trinajstić information content (AvgIpc) is 2.46. The van der Waals surface area contributed by atoms with E-state index in [2.05, 4.69) is 20.3 Å². The van der Waals surface area contributed by atoms with E-state index >= 15 is 0 Å². The normalized spacial score (nSPS) is 10.7. The fourth-order valence-electron chi connectivity index (χ4n) is 2.06. The zero-order chi connectivity index (χ0) is 14.1. The molecule has 0 saturated carbocycles. The number of nitrogens with two attached hydrogens (primary N) is 1. The second kappa shape index (κ2) is 4.65. The van der Waals surface area contributed by atoms with Crippen molar-refractivity contribution >= 4 is 22.8 Å². The monoisotopic (exact) mass is 267 g/mol. The predicted molar refractivity (Wildman–Crippen MR) is 78.4 cm³/mol. The largest absolute Gasteiger partial charge is 0.507 e. The van der Waals surface area contributed by atoms with E-state index in [9.17, 15) is 5.11 Å². The van der Waals surface area contributed by atoms with E-state index in [0.717, 1.165) is 5.39 Å². The number of nitrogen functional groups attached to an aromatic ring is 1. The van der Waals surface area contributed by atoms with Gasteiger partial charge in [0.25, 0.3) is 0 Å². The summed E-state index contributed by atoms with van der Waals surface area (Å²) in [5.41, 5.74) is 7.44. The van der Waals surface area contributed by atoms with E-state index in [-0.39, 0.29) is 11.7 Å². The van der Waals surface area contributed by atoms with Crippen molar-refractivity contribution in [3.63, 3.8) is 0 Å². The number of nitrogens with one attached hydrogen (secondary N) is 1. The van der Waals surface area contributed by atoms with Crippen LogP contribution in [0.1, 0.15) is 0 Å². The lowest BCUT2D eigenvalue weighted by Crippen LogP contribution is -2.02. The number of hydrogen-bond acceptors (Lipinski definition) is 6. The number of aromatic nitrogens is 3. The molecule has 0 fully saturated rings. The minimum Gasteiger partial charge on any atom is -0.507 e. The molecule has 0 spiro atoms. The fourth-order valence-corrected chi connectivity index (χ4v) is 2.06. The summed E-state index contributed by atoms with van der Waals surface area (Å²) in [6, 6.07) is 10.7. The summed E-state index contributed by atoms with van der Waals surface area (Å²) in [4.78, 5) is 12.7. The summed E-state index contributed by atoms with van der Waals surface area (Å²) in [6.07, 6.45) is 0. The average molecular weight is 267 g/mol. The van der Waals surface area contributed by atoms with E-state index in [1.165, 1.54) is 0 Å². The van der Waals surface area contributed by atoms with Crippen LogP contribution in [-0.2, 0) is 0 Å². The molecule has 2 aromatic heterocycles. The third kappa shape index (κ3) is 1.97. The van der Waals surface area contributed by atoms with Gasteiger partial charge in [0.05, 0.1) is 11.1 Å². The molecule has 4 N–H and O–H groups in total. The van der Waals surface area contributed by atoms with Gasteiger partial charge in [0, 0.05) is 12.6 Å². The van der Waals surface area contributed by atoms with E-state index < -0.39 is 0 Å². The molecule has 6 nitrogen and oxygen atoms in total. The maximum Gasteiger partial charge on any atom is 0.224 e. The molecule has 6 heteroatoms. The zero-order valence-electron chi connectivity index (χ0n) is 10.8. The standard InChI is InChI=1S/C14H13N5O/c1-16-12-9-6-7-10(8-4-2-3-5-11(8)20)17-13(9)19-14(15)18-12/h2-7,20H,1H3,(H3,15,16,17,18,19). The Morgan fingerprint density at radius 3 is 2.60 bits per heavy atom. The van der Waals surface area contributed by atoms with Gasteiger partial charge in [-0.05, 0) is 24.3 Å². The van der Waals surface area contributed by atoms with Crippen molar-refractivity contribution in [2.75, 3.05) is 18.1 Å². The molecule has 20 heavy (non-hydrogen) atoms. The quantitative estimate of drug-likeness (QED) is 0.657. The number of para-hydroxylation sites is 1. The molecule has 100 valence electrons. The summed E-state index contributed by atoms with van der Waals surface area (Å²) < 4.78 is 0. The Balaban J connectivity index is 2.23. The van der Waals surface area contributed by atoms with E-state index in [1.807, 2.05) is 18.2 Å². The van der Waals surface area contributed by atoms with Crippen molar-refractivity contribution in [3.8, 4) is 17.0 Å². The number of anilines is 2. The first-order chi connectivity index (χ1) is 9.69. The van der Waals surface area contributed by atoms with Gasteiger partial charge in [0.1, 0.15) is 11.6 Å². The van der Waals surface area contributed by atoms with Gasteiger partial charge < -0.3 is 16.2 Å². The van der Waals surface area contributed by atoms with Gasteiger partial charge in [0.2, 0.25) is 5.95 Å². The van der Waals surface area contributed by atoms with Crippen LogP contribution in [0.15, 0.2) is 36.4 Å². The van der Waals surface area contributed by atoms with Crippen LogP contribution in [0.3, 0.4) is 0 Å². The molecular weight excluding hydrogens is 254 g/mol. The van der Waals surface area contributed by atoms with Gasteiger partial charge in [0.15, 0.2) is 5.65 Å². The Labute approximate surface area is 115 Å². The number of rotatable bonds is 2. The zero-order valence-corrected chi connectivity index (χ0v) is 10.8. The molecule has 0 aliphatic rings. The molecule has 0 atom stereocenters. The molecule has 1 aromatic carbocycles. The van der Waals surface area contributed by atoms with Crippen LogP contribution in [0.5, 0.6) is 5.75 Å². The highest BCUT2D eigenvalue weighted by atomic mass is 16.3. The minimum atomic E-state index is 0.156. The molecule has 3 rings (SSSR count). The second-order valence-electron chi connectivity index (χ2n) is 4.27. The molecular formula is C14H13N5O. The lowest BCUT2D eigenvalue weighted by Gasteiger charge is -2.08. The highest BCUT2D eigenvalue weighted by molar-refractivity contribution is 5.89. The van der Waals surface area contributed by atoms with Gasteiger partial charge >= 0.3 is 0 Å². The Morgan fingerprint density at radius 2 is 1.85 bits per heavy atom. The number of fused-ring (bicyclic) bond motifs is 1. The Morgan fingerprint density at radius 1 is 1.05 bits per heavy atom. The van der Waals surface area contributed by atoms with Gasteiger partial charge in [-0.2, -0.15) is 9.97 Å². The first-order valence-electron chi connectivity index (χ1n) is 6.09. The minimum absolute atomic E-state index is 0.156. The van der Waals surface area contributed by atoms with Crippen molar-refractivity contribution in [1.29, 1.82) is 0 Å². The molecule has 2 heterocycles. The van der Waals surface area contributed by atoms with E-state index in [1.54, 1.807) is 25.2 Å². The number of hydrogen-bond donors (Lipinski definition) is 3. The molecule has 0 aliphatic carbocycles. The maximum atomic E-state index is 9.88. The SMILES string of the molecule is CNc1nc(N)nc2nc(-c3ccccc3O)ccc12. The van der Waals surface area contributed by atoms with E-state index in [4.69, 9.17) is 5.73 Å².